The summed E-state index contributed by atoms with van der Waals surface area (Å²) < 4.78 is 5.38. The van der Waals surface area contributed by atoms with Gasteiger partial charge in [-0.1, -0.05) is 41.2 Å². The monoisotopic (exact) mass is 311 g/mol. The fourth-order valence-electron chi connectivity index (χ4n) is 2.60. The van der Waals surface area contributed by atoms with Gasteiger partial charge in [-0.05, 0) is 31.0 Å². The number of hydrogen-bond donors (Lipinski definition) is 1. The molecule has 1 fully saturated rings. The molecule has 20 heavy (non-hydrogen) atoms. The molecule has 0 aliphatic heterocycles. The van der Waals surface area contributed by atoms with E-state index < -0.39 is 0 Å². The van der Waals surface area contributed by atoms with E-state index in [0.717, 1.165) is 24.8 Å². The third kappa shape index (κ3) is 2.68. The van der Waals surface area contributed by atoms with Crippen molar-refractivity contribution in [1.29, 1.82) is 0 Å². The number of rotatable bonds is 2. The van der Waals surface area contributed by atoms with Crippen LogP contribution in [0.25, 0.3) is 11.4 Å². The minimum Gasteiger partial charge on any atom is -0.339 e. The van der Waals surface area contributed by atoms with E-state index in [1.165, 1.54) is 6.42 Å². The van der Waals surface area contributed by atoms with Crippen molar-refractivity contribution >= 4 is 23.2 Å². The van der Waals surface area contributed by atoms with Gasteiger partial charge in [-0.25, -0.2) is 0 Å². The van der Waals surface area contributed by atoms with Gasteiger partial charge in [-0.3, -0.25) is 0 Å². The van der Waals surface area contributed by atoms with Crippen LogP contribution in [0.4, 0.5) is 0 Å². The Morgan fingerprint density at radius 2 is 1.95 bits per heavy atom. The summed E-state index contributed by atoms with van der Waals surface area (Å²) in [7, 11) is 0. The topological polar surface area (TPSA) is 64.9 Å². The highest BCUT2D eigenvalue weighted by molar-refractivity contribution is 6.42. The molecule has 2 N–H and O–H groups in total. The van der Waals surface area contributed by atoms with Crippen molar-refractivity contribution in [3.05, 3.63) is 34.1 Å². The molecule has 6 heteroatoms. The summed E-state index contributed by atoms with van der Waals surface area (Å²) in [6.45, 7) is 0. The molecule has 0 amide bonds. The highest BCUT2D eigenvalue weighted by Crippen LogP contribution is 2.33. The average molecular weight is 312 g/mol. The Hall–Kier alpha value is -1.10. The van der Waals surface area contributed by atoms with Crippen LogP contribution in [0.5, 0.6) is 0 Å². The molecule has 1 aliphatic rings. The number of hydrogen-bond acceptors (Lipinski definition) is 4. The highest BCUT2D eigenvalue weighted by atomic mass is 35.5. The van der Waals surface area contributed by atoms with Gasteiger partial charge in [0.25, 0.3) is 0 Å². The number of nitrogens with two attached hydrogens (primary N) is 1. The van der Waals surface area contributed by atoms with E-state index in [4.69, 9.17) is 33.5 Å². The molecule has 4 nitrogen and oxygen atoms in total. The molecule has 1 heterocycles. The standard InChI is InChI=1S/C14H15Cl2N3O/c15-10-6-5-8(7-11(10)16)13-18-14(20-19-13)9-3-1-2-4-12(9)17/h5-7,9,12H,1-4,17H2. The molecule has 2 unspecified atom stereocenters. The van der Waals surface area contributed by atoms with E-state index in [1.54, 1.807) is 12.1 Å². The van der Waals surface area contributed by atoms with Crippen molar-refractivity contribution in [2.24, 2.45) is 5.73 Å². The van der Waals surface area contributed by atoms with Gasteiger partial charge in [0, 0.05) is 11.6 Å². The Morgan fingerprint density at radius 1 is 1.15 bits per heavy atom. The largest absolute Gasteiger partial charge is 0.339 e. The number of benzene rings is 1. The fraction of sp³-hybridized carbons (Fsp3) is 0.429. The summed E-state index contributed by atoms with van der Waals surface area (Å²) in [5.41, 5.74) is 6.93. The quantitative estimate of drug-likeness (QED) is 0.909. The maximum Gasteiger partial charge on any atom is 0.231 e. The Bertz CT molecular complexity index is 614. The lowest BCUT2D eigenvalue weighted by atomic mass is 9.85. The van der Waals surface area contributed by atoms with Crippen molar-refractivity contribution in [2.45, 2.75) is 37.6 Å². The molecule has 0 spiro atoms. The van der Waals surface area contributed by atoms with Gasteiger partial charge in [0.05, 0.1) is 16.0 Å². The van der Waals surface area contributed by atoms with Gasteiger partial charge in [0.2, 0.25) is 11.7 Å². The van der Waals surface area contributed by atoms with Crippen LogP contribution in [0.3, 0.4) is 0 Å². The minimum atomic E-state index is 0.103. The first-order chi connectivity index (χ1) is 9.65. The van der Waals surface area contributed by atoms with E-state index in [-0.39, 0.29) is 12.0 Å². The molecule has 106 valence electrons. The molecule has 1 saturated carbocycles. The minimum absolute atomic E-state index is 0.103. The molecule has 1 aliphatic carbocycles. The van der Waals surface area contributed by atoms with Crippen molar-refractivity contribution in [1.82, 2.24) is 10.1 Å². The second-order valence-corrected chi connectivity index (χ2v) is 5.95. The van der Waals surface area contributed by atoms with Crippen LogP contribution in [0, 0.1) is 0 Å². The molecule has 0 bridgehead atoms. The van der Waals surface area contributed by atoms with E-state index in [9.17, 15) is 0 Å². The summed E-state index contributed by atoms with van der Waals surface area (Å²) in [6.07, 6.45) is 4.34. The Balaban J connectivity index is 1.87. The first kappa shape index (κ1) is 13.9. The molecule has 2 atom stereocenters. The number of nitrogens with zero attached hydrogens (tertiary/aromatic N) is 2. The molecular weight excluding hydrogens is 297 g/mol. The predicted molar refractivity (Wildman–Crippen MR) is 78.9 cm³/mol. The van der Waals surface area contributed by atoms with Gasteiger partial charge >= 0.3 is 0 Å². The Morgan fingerprint density at radius 3 is 2.70 bits per heavy atom. The second kappa shape index (κ2) is 5.72. The summed E-state index contributed by atoms with van der Waals surface area (Å²) in [4.78, 5) is 4.47. The van der Waals surface area contributed by atoms with E-state index in [1.807, 2.05) is 6.07 Å². The highest BCUT2D eigenvalue weighted by Gasteiger charge is 2.28. The predicted octanol–water partition coefficient (Wildman–Crippen LogP) is 4.03. The first-order valence-corrected chi connectivity index (χ1v) is 7.45. The van der Waals surface area contributed by atoms with E-state index in [0.29, 0.717) is 21.8 Å². The van der Waals surface area contributed by atoms with Crippen LogP contribution in [0.1, 0.15) is 37.5 Å². The molecule has 3 rings (SSSR count). The zero-order valence-corrected chi connectivity index (χ0v) is 12.4. The molecule has 2 aromatic rings. The van der Waals surface area contributed by atoms with Gasteiger partial charge < -0.3 is 10.3 Å². The molecule has 1 aromatic heterocycles. The van der Waals surface area contributed by atoms with Gasteiger partial charge in [-0.2, -0.15) is 4.98 Å². The number of aromatic nitrogens is 2. The van der Waals surface area contributed by atoms with Crippen LogP contribution >= 0.6 is 23.2 Å². The molecular formula is C14H15Cl2N3O. The number of halogens is 2. The zero-order chi connectivity index (χ0) is 14.1. The third-order valence-corrected chi connectivity index (χ3v) is 4.50. The molecule has 0 saturated heterocycles. The summed E-state index contributed by atoms with van der Waals surface area (Å²) in [6, 6.07) is 5.38. The summed E-state index contributed by atoms with van der Waals surface area (Å²) in [5.74, 6) is 1.31. The lowest BCUT2D eigenvalue weighted by Gasteiger charge is -2.25. The van der Waals surface area contributed by atoms with Crippen molar-refractivity contribution in [3.63, 3.8) is 0 Å². The van der Waals surface area contributed by atoms with E-state index in [2.05, 4.69) is 10.1 Å². The molecule has 1 aromatic carbocycles. The van der Waals surface area contributed by atoms with Gasteiger partial charge in [0.15, 0.2) is 0 Å². The van der Waals surface area contributed by atoms with Crippen LogP contribution in [-0.4, -0.2) is 16.2 Å². The lowest BCUT2D eigenvalue weighted by Crippen LogP contribution is -2.31. The summed E-state index contributed by atoms with van der Waals surface area (Å²) >= 11 is 11.9. The maximum atomic E-state index is 6.14. The van der Waals surface area contributed by atoms with Crippen LogP contribution in [0.2, 0.25) is 10.0 Å². The Labute approximate surface area is 127 Å². The summed E-state index contributed by atoms with van der Waals surface area (Å²) in [5, 5.41) is 5.01. The average Bonchev–Trinajstić information content (AvgIpc) is 2.92. The lowest BCUT2D eigenvalue weighted by molar-refractivity contribution is 0.290. The maximum absolute atomic E-state index is 6.14. The normalized spacial score (nSPS) is 22.9. The van der Waals surface area contributed by atoms with E-state index >= 15 is 0 Å². The van der Waals surface area contributed by atoms with Crippen LogP contribution < -0.4 is 5.73 Å². The molecule has 0 radical (unpaired) electrons. The van der Waals surface area contributed by atoms with Crippen LogP contribution in [0.15, 0.2) is 22.7 Å². The zero-order valence-electron chi connectivity index (χ0n) is 10.9. The smallest absolute Gasteiger partial charge is 0.231 e. The fourth-order valence-corrected chi connectivity index (χ4v) is 2.90. The van der Waals surface area contributed by atoms with Crippen LogP contribution in [-0.2, 0) is 0 Å². The SMILES string of the molecule is NC1CCCCC1c1nc(-c2ccc(Cl)c(Cl)c2)no1. The van der Waals surface area contributed by atoms with Crippen molar-refractivity contribution in [3.8, 4) is 11.4 Å². The van der Waals surface area contributed by atoms with Gasteiger partial charge in [-0.15, -0.1) is 0 Å². The first-order valence-electron chi connectivity index (χ1n) is 6.70. The third-order valence-electron chi connectivity index (χ3n) is 3.76. The van der Waals surface area contributed by atoms with Crippen molar-refractivity contribution < 1.29 is 4.52 Å². The van der Waals surface area contributed by atoms with Crippen molar-refractivity contribution in [2.75, 3.05) is 0 Å². The Kier molecular flexibility index (Phi) is 3.96. The second-order valence-electron chi connectivity index (χ2n) is 5.14. The van der Waals surface area contributed by atoms with Gasteiger partial charge in [0.1, 0.15) is 0 Å².